The third kappa shape index (κ3) is 5.03. The monoisotopic (exact) mass is 416 g/mol. The van der Waals surface area contributed by atoms with Gasteiger partial charge in [-0.25, -0.2) is 4.79 Å². The number of amides is 2. The average Bonchev–Trinajstić information content (AvgIpc) is 2.96. The molecule has 0 spiro atoms. The fourth-order valence-corrected chi connectivity index (χ4v) is 3.14. The number of benzene rings is 1. The van der Waals surface area contributed by atoms with Crippen molar-refractivity contribution in [3.63, 3.8) is 0 Å². The minimum absolute atomic E-state index is 0.121. The van der Waals surface area contributed by atoms with E-state index in [0.717, 1.165) is 11.3 Å². The zero-order chi connectivity index (χ0) is 22.1. The van der Waals surface area contributed by atoms with Crippen LogP contribution in [-0.2, 0) is 29.5 Å². The van der Waals surface area contributed by atoms with Crippen molar-refractivity contribution >= 4 is 17.8 Å². The summed E-state index contributed by atoms with van der Waals surface area (Å²) in [6, 6.07) is 6.15. The van der Waals surface area contributed by atoms with Gasteiger partial charge in [-0.3, -0.25) is 9.48 Å². The first kappa shape index (κ1) is 21.5. The topological polar surface area (TPSA) is 106 Å². The third-order valence-electron chi connectivity index (χ3n) is 4.61. The fraction of sp³-hybridized carbons (Fsp3) is 0.476. The van der Waals surface area contributed by atoms with Crippen LogP contribution >= 0.6 is 0 Å². The summed E-state index contributed by atoms with van der Waals surface area (Å²) in [6.45, 7) is 7.92. The molecule has 1 atom stereocenters. The predicted octanol–water partition coefficient (Wildman–Crippen LogP) is 2.82. The van der Waals surface area contributed by atoms with E-state index in [9.17, 15) is 14.7 Å². The van der Waals surface area contributed by atoms with Gasteiger partial charge in [0.15, 0.2) is 6.10 Å². The zero-order valence-electron chi connectivity index (χ0n) is 17.9. The molecule has 2 amide bonds. The number of aryl methyl sites for hydroxylation is 1. The molecule has 2 heterocycles. The highest BCUT2D eigenvalue weighted by atomic mass is 16.6. The van der Waals surface area contributed by atoms with Gasteiger partial charge in [0, 0.05) is 25.6 Å². The lowest BCUT2D eigenvalue weighted by atomic mass is 10.1. The molecule has 0 radical (unpaired) electrons. The molecule has 2 N–H and O–H groups in total. The molecule has 1 unspecified atom stereocenters. The van der Waals surface area contributed by atoms with Crippen LogP contribution in [0, 0.1) is 0 Å². The van der Waals surface area contributed by atoms with Crippen LogP contribution in [0.15, 0.2) is 24.3 Å². The SMILES string of the molecule is CC(Oc1ccc(O)cc1)C(=O)Nc1c2c(nn1C)CCN(C(=O)OC(C)(C)C)C2. The van der Waals surface area contributed by atoms with E-state index < -0.39 is 17.8 Å². The quantitative estimate of drug-likeness (QED) is 0.794. The van der Waals surface area contributed by atoms with Crippen molar-refractivity contribution in [3.05, 3.63) is 35.5 Å². The van der Waals surface area contributed by atoms with Crippen LogP contribution in [0.5, 0.6) is 11.5 Å². The number of carbonyl (C=O) groups excluding carboxylic acids is 2. The number of hydrogen-bond donors (Lipinski definition) is 2. The molecule has 30 heavy (non-hydrogen) atoms. The largest absolute Gasteiger partial charge is 0.508 e. The number of phenolic OH excluding ortho intramolecular Hbond substituents is 1. The minimum Gasteiger partial charge on any atom is -0.508 e. The van der Waals surface area contributed by atoms with Crippen LogP contribution < -0.4 is 10.1 Å². The molecule has 9 heteroatoms. The van der Waals surface area contributed by atoms with E-state index >= 15 is 0 Å². The Morgan fingerprint density at radius 3 is 2.53 bits per heavy atom. The maximum absolute atomic E-state index is 12.7. The summed E-state index contributed by atoms with van der Waals surface area (Å²) in [5, 5.41) is 16.7. The van der Waals surface area contributed by atoms with Gasteiger partial charge in [-0.2, -0.15) is 5.10 Å². The van der Waals surface area contributed by atoms with Crippen LogP contribution in [0.25, 0.3) is 0 Å². The summed E-state index contributed by atoms with van der Waals surface area (Å²) in [4.78, 5) is 26.8. The van der Waals surface area contributed by atoms with E-state index in [2.05, 4.69) is 10.4 Å². The van der Waals surface area contributed by atoms with Gasteiger partial charge >= 0.3 is 6.09 Å². The third-order valence-corrected chi connectivity index (χ3v) is 4.61. The van der Waals surface area contributed by atoms with Crippen LogP contribution in [0.2, 0.25) is 0 Å². The summed E-state index contributed by atoms with van der Waals surface area (Å²) in [5.74, 6) is 0.779. The van der Waals surface area contributed by atoms with Crippen molar-refractivity contribution in [1.29, 1.82) is 0 Å². The molecule has 0 saturated carbocycles. The number of nitrogens with zero attached hydrogens (tertiary/aromatic N) is 3. The highest BCUT2D eigenvalue weighted by molar-refractivity contribution is 5.94. The zero-order valence-corrected chi connectivity index (χ0v) is 17.9. The van der Waals surface area contributed by atoms with Gasteiger partial charge in [-0.05, 0) is 52.0 Å². The Labute approximate surface area is 175 Å². The van der Waals surface area contributed by atoms with Crippen molar-refractivity contribution in [2.75, 3.05) is 11.9 Å². The number of phenols is 1. The highest BCUT2D eigenvalue weighted by Crippen LogP contribution is 2.27. The number of aromatic hydroxyl groups is 1. The second-order valence-electron chi connectivity index (χ2n) is 8.29. The average molecular weight is 416 g/mol. The van der Waals surface area contributed by atoms with E-state index in [1.54, 1.807) is 35.7 Å². The molecule has 3 rings (SSSR count). The second kappa shape index (κ2) is 8.25. The van der Waals surface area contributed by atoms with Crippen LogP contribution in [0.3, 0.4) is 0 Å². The molecule has 0 saturated heterocycles. The molecule has 1 aromatic carbocycles. The number of rotatable bonds is 4. The number of hydrogen-bond acceptors (Lipinski definition) is 6. The number of aromatic nitrogens is 2. The Bertz CT molecular complexity index is 930. The smallest absolute Gasteiger partial charge is 0.410 e. The Morgan fingerprint density at radius 1 is 1.23 bits per heavy atom. The molecular weight excluding hydrogens is 388 g/mol. The van der Waals surface area contributed by atoms with Gasteiger partial charge in [0.1, 0.15) is 22.9 Å². The van der Waals surface area contributed by atoms with E-state index in [0.29, 0.717) is 31.1 Å². The van der Waals surface area contributed by atoms with Gasteiger partial charge in [-0.1, -0.05) is 0 Å². The molecule has 1 aromatic heterocycles. The molecule has 162 valence electrons. The molecule has 0 fully saturated rings. The van der Waals surface area contributed by atoms with Crippen molar-refractivity contribution in [2.45, 2.75) is 52.4 Å². The highest BCUT2D eigenvalue weighted by Gasteiger charge is 2.30. The molecule has 2 aromatic rings. The molecule has 1 aliphatic rings. The lowest BCUT2D eigenvalue weighted by Crippen LogP contribution is -2.40. The number of nitrogens with one attached hydrogen (secondary N) is 1. The standard InChI is InChI=1S/C21H28N4O5/c1-13(29-15-8-6-14(26)7-9-15)19(27)22-18-16-12-25(20(28)30-21(2,3)4)11-10-17(16)23-24(18)5/h6-9,13,26H,10-12H2,1-5H3,(H,22,27). The van der Waals surface area contributed by atoms with Crippen LogP contribution in [-0.4, -0.2) is 50.0 Å². The Morgan fingerprint density at radius 2 is 1.90 bits per heavy atom. The Kier molecular flexibility index (Phi) is 5.91. The lowest BCUT2D eigenvalue weighted by molar-refractivity contribution is -0.122. The van der Waals surface area contributed by atoms with Crippen molar-refractivity contribution < 1.29 is 24.2 Å². The predicted molar refractivity (Wildman–Crippen MR) is 110 cm³/mol. The van der Waals surface area contributed by atoms with Gasteiger partial charge in [0.2, 0.25) is 0 Å². The summed E-state index contributed by atoms with van der Waals surface area (Å²) >= 11 is 0. The number of fused-ring (bicyclic) bond motifs is 1. The maximum atomic E-state index is 12.7. The number of carbonyl (C=O) groups is 2. The van der Waals surface area contributed by atoms with E-state index in [1.807, 2.05) is 20.8 Å². The summed E-state index contributed by atoms with van der Waals surface area (Å²) in [7, 11) is 1.75. The minimum atomic E-state index is -0.773. The molecule has 0 bridgehead atoms. The van der Waals surface area contributed by atoms with Crippen LogP contribution in [0.1, 0.15) is 39.0 Å². The summed E-state index contributed by atoms with van der Waals surface area (Å²) < 4.78 is 12.7. The first-order valence-electron chi connectivity index (χ1n) is 9.82. The first-order valence-corrected chi connectivity index (χ1v) is 9.82. The first-order chi connectivity index (χ1) is 14.0. The summed E-state index contributed by atoms with van der Waals surface area (Å²) in [6.07, 6.45) is -0.582. The maximum Gasteiger partial charge on any atom is 0.410 e. The molecule has 9 nitrogen and oxygen atoms in total. The fourth-order valence-electron chi connectivity index (χ4n) is 3.14. The Hall–Kier alpha value is -3.23. The van der Waals surface area contributed by atoms with E-state index in [1.165, 1.54) is 12.1 Å². The van der Waals surface area contributed by atoms with E-state index in [4.69, 9.17) is 9.47 Å². The second-order valence-corrected chi connectivity index (χ2v) is 8.29. The van der Waals surface area contributed by atoms with Crippen molar-refractivity contribution in [2.24, 2.45) is 7.05 Å². The summed E-state index contributed by atoms with van der Waals surface area (Å²) in [5.41, 5.74) is 1.06. The van der Waals surface area contributed by atoms with Gasteiger partial charge in [0.25, 0.3) is 5.91 Å². The van der Waals surface area contributed by atoms with E-state index in [-0.39, 0.29) is 11.7 Å². The number of ether oxygens (including phenoxy) is 2. The van der Waals surface area contributed by atoms with Gasteiger partial charge in [0.05, 0.1) is 12.2 Å². The lowest BCUT2D eigenvalue weighted by Gasteiger charge is -2.30. The van der Waals surface area contributed by atoms with Crippen LogP contribution in [0.4, 0.5) is 10.6 Å². The number of anilines is 1. The van der Waals surface area contributed by atoms with Gasteiger partial charge in [-0.15, -0.1) is 0 Å². The molecule has 0 aliphatic carbocycles. The molecule has 1 aliphatic heterocycles. The Balaban J connectivity index is 1.70. The van der Waals surface area contributed by atoms with Gasteiger partial charge < -0.3 is 24.8 Å². The normalized spacial score (nSPS) is 14.6. The molecular formula is C21H28N4O5. The van der Waals surface area contributed by atoms with Crippen molar-refractivity contribution in [1.82, 2.24) is 14.7 Å². The van der Waals surface area contributed by atoms with Crippen molar-refractivity contribution in [3.8, 4) is 11.5 Å².